The summed E-state index contributed by atoms with van der Waals surface area (Å²) in [5.74, 6) is 0.700. The number of aromatic nitrogens is 2. The van der Waals surface area contributed by atoms with E-state index in [2.05, 4.69) is 37.7 Å². The lowest BCUT2D eigenvalue weighted by molar-refractivity contribution is 0.0847. The number of aliphatic hydroxyl groups excluding tert-OH is 1. The second-order valence-electron chi connectivity index (χ2n) is 9.44. The number of hydrogen-bond acceptors (Lipinski definition) is 5. The molecule has 2 aromatic rings. The number of amides is 1. The highest BCUT2D eigenvalue weighted by Gasteiger charge is 2.26. The van der Waals surface area contributed by atoms with Crippen molar-refractivity contribution >= 4 is 48.0 Å². The van der Waals surface area contributed by atoms with Crippen LogP contribution in [-0.4, -0.2) is 70.8 Å². The first kappa shape index (κ1) is 29.7. The summed E-state index contributed by atoms with van der Waals surface area (Å²) in [6, 6.07) is 6.48. The number of aryl methyl sites for hydroxylation is 1. The van der Waals surface area contributed by atoms with Crippen molar-refractivity contribution < 1.29 is 9.90 Å². The first-order chi connectivity index (χ1) is 15.8. The lowest BCUT2D eigenvalue weighted by Crippen LogP contribution is -2.50. The molecule has 1 saturated carbocycles. The molecule has 1 atom stereocenters. The third-order valence-electron chi connectivity index (χ3n) is 7.15. The summed E-state index contributed by atoms with van der Waals surface area (Å²) in [5, 5.41) is 14.2. The maximum absolute atomic E-state index is 12.8. The van der Waals surface area contributed by atoms with Gasteiger partial charge in [-0.05, 0) is 51.3 Å². The second-order valence-corrected chi connectivity index (χ2v) is 9.84. The van der Waals surface area contributed by atoms with Gasteiger partial charge in [-0.1, -0.05) is 30.5 Å². The number of imidazole rings is 1. The molecule has 196 valence electrons. The van der Waals surface area contributed by atoms with E-state index in [-0.39, 0.29) is 37.3 Å². The standard InChI is InChI=1S/C25H36ClN5O2.2ClH/c1-17-22(26)9-6-10-23(17)30-13-11-29(12-14-30)16-21(32)15-27-25(33)24-18(2)31(19(3)28-24)20-7-4-5-8-20;;/h6,9-10,20-21,32H,4-5,7-8,11-16H2,1-3H3,(H,27,33);2*1H. The van der Waals surface area contributed by atoms with Crippen LogP contribution < -0.4 is 10.2 Å². The maximum atomic E-state index is 12.8. The highest BCUT2D eigenvalue weighted by molar-refractivity contribution is 6.31. The number of anilines is 1. The minimum Gasteiger partial charge on any atom is -0.390 e. The minimum atomic E-state index is -0.619. The molecule has 1 aliphatic carbocycles. The van der Waals surface area contributed by atoms with E-state index in [9.17, 15) is 9.90 Å². The highest BCUT2D eigenvalue weighted by atomic mass is 35.5. The minimum absolute atomic E-state index is 0. The zero-order valence-electron chi connectivity index (χ0n) is 20.8. The second kappa shape index (κ2) is 13.2. The van der Waals surface area contributed by atoms with Crippen LogP contribution in [0.1, 0.15) is 59.3 Å². The number of carbonyl (C=O) groups is 1. The molecule has 2 aliphatic rings. The zero-order chi connectivity index (χ0) is 23.5. The Morgan fingerprint density at radius 2 is 1.80 bits per heavy atom. The first-order valence-electron chi connectivity index (χ1n) is 12.1. The Kier molecular flexibility index (Phi) is 11.2. The fraction of sp³-hybridized carbons (Fsp3) is 0.600. The van der Waals surface area contributed by atoms with E-state index in [0.29, 0.717) is 18.3 Å². The van der Waals surface area contributed by atoms with Crippen molar-refractivity contribution in [3.05, 3.63) is 46.0 Å². The van der Waals surface area contributed by atoms with Crippen LogP contribution in [0.4, 0.5) is 5.69 Å². The predicted molar refractivity (Wildman–Crippen MR) is 147 cm³/mol. The summed E-state index contributed by atoms with van der Waals surface area (Å²) >= 11 is 6.28. The number of nitrogens with one attached hydrogen (secondary N) is 1. The fourth-order valence-electron chi connectivity index (χ4n) is 5.34. The monoisotopic (exact) mass is 545 g/mol. The Bertz CT molecular complexity index is 986. The van der Waals surface area contributed by atoms with Crippen LogP contribution >= 0.6 is 36.4 Å². The molecule has 1 amide bonds. The van der Waals surface area contributed by atoms with E-state index in [1.807, 2.05) is 26.0 Å². The van der Waals surface area contributed by atoms with E-state index in [0.717, 1.165) is 61.1 Å². The molecule has 35 heavy (non-hydrogen) atoms. The molecule has 2 fully saturated rings. The fourth-order valence-corrected chi connectivity index (χ4v) is 5.51. The molecule has 1 aromatic carbocycles. The third-order valence-corrected chi connectivity index (χ3v) is 7.56. The number of nitrogens with zero attached hydrogens (tertiary/aromatic N) is 4. The Morgan fingerprint density at radius 1 is 1.14 bits per heavy atom. The molecule has 4 rings (SSSR count). The average Bonchev–Trinajstić information content (AvgIpc) is 3.42. The highest BCUT2D eigenvalue weighted by Crippen LogP contribution is 2.32. The average molecular weight is 547 g/mol. The number of benzene rings is 1. The summed E-state index contributed by atoms with van der Waals surface area (Å²) in [6.07, 6.45) is 4.17. The van der Waals surface area contributed by atoms with Crippen molar-refractivity contribution in [2.45, 2.75) is 58.6 Å². The normalized spacial score (nSPS) is 17.6. The van der Waals surface area contributed by atoms with Gasteiger partial charge in [-0.2, -0.15) is 0 Å². The summed E-state index contributed by atoms with van der Waals surface area (Å²) < 4.78 is 2.22. The maximum Gasteiger partial charge on any atom is 0.271 e. The van der Waals surface area contributed by atoms with Crippen molar-refractivity contribution in [3.8, 4) is 0 Å². The summed E-state index contributed by atoms with van der Waals surface area (Å²) in [6.45, 7) is 10.3. The SMILES string of the molecule is Cc1c(Cl)cccc1N1CCN(CC(O)CNC(=O)c2nc(C)n(C3CCCC3)c2C)CC1.Cl.Cl. The predicted octanol–water partition coefficient (Wildman–Crippen LogP) is 4.33. The topological polar surface area (TPSA) is 73.6 Å². The number of carbonyl (C=O) groups excluding carboxylic acids is 1. The smallest absolute Gasteiger partial charge is 0.271 e. The molecule has 10 heteroatoms. The van der Waals surface area contributed by atoms with Crippen LogP contribution in [-0.2, 0) is 0 Å². The van der Waals surface area contributed by atoms with E-state index >= 15 is 0 Å². The van der Waals surface area contributed by atoms with Gasteiger partial charge in [0.05, 0.1) is 6.10 Å². The Morgan fingerprint density at radius 3 is 2.46 bits per heavy atom. The number of β-amino-alcohol motifs (C(OH)–C–C–N with tert-alkyl or cyclic N) is 1. The van der Waals surface area contributed by atoms with Crippen molar-refractivity contribution in [1.82, 2.24) is 19.8 Å². The van der Waals surface area contributed by atoms with Crippen LogP contribution in [0.3, 0.4) is 0 Å². The number of halogens is 3. The number of rotatable bonds is 7. The van der Waals surface area contributed by atoms with E-state index in [1.54, 1.807) is 0 Å². The lowest BCUT2D eigenvalue weighted by atomic mass is 10.1. The molecular formula is C25H38Cl3N5O2. The van der Waals surface area contributed by atoms with E-state index in [1.165, 1.54) is 18.5 Å². The van der Waals surface area contributed by atoms with Crippen LogP contribution in [0.15, 0.2) is 18.2 Å². The Hall–Kier alpha value is -1.51. The van der Waals surface area contributed by atoms with E-state index in [4.69, 9.17) is 11.6 Å². The lowest BCUT2D eigenvalue weighted by Gasteiger charge is -2.37. The number of aliphatic hydroxyl groups is 1. The number of piperazine rings is 1. The molecule has 0 spiro atoms. The van der Waals surface area contributed by atoms with Crippen LogP contribution in [0.25, 0.3) is 0 Å². The van der Waals surface area contributed by atoms with Gasteiger partial charge in [-0.25, -0.2) is 4.98 Å². The van der Waals surface area contributed by atoms with Gasteiger partial charge >= 0.3 is 0 Å². The van der Waals surface area contributed by atoms with E-state index < -0.39 is 6.10 Å². The molecule has 2 N–H and O–H groups in total. The number of hydrogen-bond donors (Lipinski definition) is 2. The van der Waals surface area contributed by atoms with Gasteiger partial charge < -0.3 is 19.9 Å². The molecule has 1 saturated heterocycles. The Balaban J connectivity index is 0.00000216. The van der Waals surface area contributed by atoms with Crippen molar-refractivity contribution in [3.63, 3.8) is 0 Å². The molecule has 0 radical (unpaired) electrons. The summed E-state index contributed by atoms with van der Waals surface area (Å²) in [5.41, 5.74) is 3.70. The summed E-state index contributed by atoms with van der Waals surface area (Å²) in [7, 11) is 0. The Labute approximate surface area is 226 Å². The van der Waals surface area contributed by atoms with Gasteiger partial charge in [0, 0.05) is 61.7 Å². The van der Waals surface area contributed by atoms with Crippen LogP contribution in [0.2, 0.25) is 5.02 Å². The molecule has 1 aromatic heterocycles. The van der Waals surface area contributed by atoms with Gasteiger partial charge in [0.25, 0.3) is 5.91 Å². The van der Waals surface area contributed by atoms with Gasteiger partial charge in [0.15, 0.2) is 0 Å². The molecular weight excluding hydrogens is 509 g/mol. The largest absolute Gasteiger partial charge is 0.390 e. The first-order valence-corrected chi connectivity index (χ1v) is 12.5. The quantitative estimate of drug-likeness (QED) is 0.541. The third kappa shape index (κ3) is 6.83. The van der Waals surface area contributed by atoms with Crippen molar-refractivity contribution in [2.24, 2.45) is 0 Å². The molecule has 2 heterocycles. The van der Waals surface area contributed by atoms with Crippen LogP contribution in [0, 0.1) is 20.8 Å². The summed E-state index contributed by atoms with van der Waals surface area (Å²) in [4.78, 5) is 21.9. The van der Waals surface area contributed by atoms with Crippen molar-refractivity contribution in [1.29, 1.82) is 0 Å². The van der Waals surface area contributed by atoms with Crippen molar-refractivity contribution in [2.75, 3.05) is 44.2 Å². The van der Waals surface area contributed by atoms with Gasteiger partial charge in [-0.15, -0.1) is 24.8 Å². The molecule has 1 unspecified atom stereocenters. The van der Waals surface area contributed by atoms with Gasteiger partial charge in [-0.3, -0.25) is 9.69 Å². The molecule has 7 nitrogen and oxygen atoms in total. The van der Waals surface area contributed by atoms with Crippen LogP contribution in [0.5, 0.6) is 0 Å². The zero-order valence-corrected chi connectivity index (χ0v) is 23.2. The van der Waals surface area contributed by atoms with Gasteiger partial charge in [0.2, 0.25) is 0 Å². The molecule has 0 bridgehead atoms. The molecule has 1 aliphatic heterocycles. The van der Waals surface area contributed by atoms with Gasteiger partial charge in [0.1, 0.15) is 11.5 Å².